The number of ketones is 1. The smallest absolute Gasteiger partial charge is 0.133 e. The van der Waals surface area contributed by atoms with Crippen LogP contribution in [0.5, 0.6) is 0 Å². The number of likely N-dealkylation sites (tertiary alicyclic amines) is 1. The molecule has 4 rings (SSSR count). The third-order valence-electron chi connectivity index (χ3n) is 5.97. The number of Topliss-reactive ketones (excluding diaryl/α,β-unsaturated/α-hetero) is 1. The van der Waals surface area contributed by atoms with Crippen LogP contribution in [0.25, 0.3) is 0 Å². The molecule has 2 nitrogen and oxygen atoms in total. The summed E-state index contributed by atoms with van der Waals surface area (Å²) in [5.74, 6) is 1.17. The lowest BCUT2D eigenvalue weighted by Gasteiger charge is -2.41. The number of hydrogen-bond donors (Lipinski definition) is 0. The second-order valence-electron chi connectivity index (χ2n) is 7.03. The molecule has 0 amide bonds. The summed E-state index contributed by atoms with van der Waals surface area (Å²) in [4.78, 5) is 14.6. The molecule has 1 aromatic rings. The summed E-state index contributed by atoms with van der Waals surface area (Å²) < 4.78 is 0. The van der Waals surface area contributed by atoms with Crippen molar-refractivity contribution in [2.24, 2.45) is 11.3 Å². The van der Waals surface area contributed by atoms with Crippen molar-refractivity contribution in [3.63, 3.8) is 0 Å². The predicted molar refractivity (Wildman–Crippen MR) is 79.3 cm³/mol. The van der Waals surface area contributed by atoms with Crippen molar-refractivity contribution >= 4 is 5.78 Å². The number of carbonyl (C=O) groups excluding carboxylic acids is 1. The minimum absolute atomic E-state index is 0.351. The van der Waals surface area contributed by atoms with Crippen LogP contribution in [-0.2, 0) is 11.3 Å². The van der Waals surface area contributed by atoms with Crippen LogP contribution in [0.15, 0.2) is 30.3 Å². The fraction of sp³-hybridized carbons (Fsp3) is 0.611. The van der Waals surface area contributed by atoms with Crippen molar-refractivity contribution in [3.8, 4) is 0 Å². The standard InChI is InChI=1S/C18H23NO/c20-16-10-15-13-19(12-14-6-2-1-3-7-14)17-8-4-5-9-18(15,17)11-16/h1-3,6-7,15,17H,4-5,8-13H2/t15-,17-,18+/m1/s1. The van der Waals surface area contributed by atoms with Gasteiger partial charge in [-0.2, -0.15) is 0 Å². The van der Waals surface area contributed by atoms with E-state index in [1.807, 2.05) is 0 Å². The Morgan fingerprint density at radius 3 is 2.90 bits per heavy atom. The minimum Gasteiger partial charge on any atom is -0.300 e. The molecule has 2 saturated carbocycles. The van der Waals surface area contributed by atoms with Crippen LogP contribution in [0.4, 0.5) is 0 Å². The van der Waals surface area contributed by atoms with Gasteiger partial charge in [-0.05, 0) is 29.7 Å². The van der Waals surface area contributed by atoms with Gasteiger partial charge in [0.05, 0.1) is 0 Å². The number of benzene rings is 1. The average Bonchev–Trinajstić information content (AvgIpc) is 2.90. The Morgan fingerprint density at radius 2 is 2.05 bits per heavy atom. The molecule has 1 heterocycles. The predicted octanol–water partition coefficient (Wildman–Crippen LogP) is 3.41. The van der Waals surface area contributed by atoms with Crippen LogP contribution in [0.2, 0.25) is 0 Å². The maximum absolute atomic E-state index is 12.0. The molecule has 0 aromatic heterocycles. The van der Waals surface area contributed by atoms with Gasteiger partial charge >= 0.3 is 0 Å². The topological polar surface area (TPSA) is 20.3 Å². The van der Waals surface area contributed by atoms with Gasteiger partial charge in [-0.1, -0.05) is 43.2 Å². The molecule has 106 valence electrons. The van der Waals surface area contributed by atoms with Crippen molar-refractivity contribution in [2.75, 3.05) is 6.54 Å². The lowest BCUT2D eigenvalue weighted by molar-refractivity contribution is -0.118. The van der Waals surface area contributed by atoms with Gasteiger partial charge in [-0.25, -0.2) is 0 Å². The van der Waals surface area contributed by atoms with E-state index in [1.165, 1.54) is 31.2 Å². The second kappa shape index (κ2) is 4.70. The number of carbonyl (C=O) groups is 1. The number of hydrogen-bond acceptors (Lipinski definition) is 2. The fourth-order valence-electron chi connectivity index (χ4n) is 5.19. The highest BCUT2D eigenvalue weighted by molar-refractivity contribution is 5.82. The lowest BCUT2D eigenvalue weighted by Crippen LogP contribution is -2.42. The third-order valence-corrected chi connectivity index (χ3v) is 5.97. The zero-order chi connectivity index (χ0) is 13.6. The SMILES string of the molecule is O=C1C[C@@H]2CN(Cc3ccccc3)[C@@H]3CCCC[C@]23C1. The van der Waals surface area contributed by atoms with E-state index in [-0.39, 0.29) is 0 Å². The first-order chi connectivity index (χ1) is 9.78. The van der Waals surface area contributed by atoms with Gasteiger partial charge < -0.3 is 0 Å². The van der Waals surface area contributed by atoms with Gasteiger partial charge in [0.25, 0.3) is 0 Å². The van der Waals surface area contributed by atoms with Gasteiger partial charge in [0, 0.05) is 32.0 Å². The van der Waals surface area contributed by atoms with E-state index >= 15 is 0 Å². The van der Waals surface area contributed by atoms with Crippen LogP contribution in [-0.4, -0.2) is 23.3 Å². The first-order valence-electron chi connectivity index (χ1n) is 8.08. The Bertz CT molecular complexity index is 511. The van der Waals surface area contributed by atoms with Crippen molar-refractivity contribution in [2.45, 2.75) is 51.1 Å². The molecule has 3 fully saturated rings. The van der Waals surface area contributed by atoms with E-state index in [2.05, 4.69) is 35.2 Å². The van der Waals surface area contributed by atoms with Crippen molar-refractivity contribution in [1.82, 2.24) is 4.90 Å². The molecular weight excluding hydrogens is 246 g/mol. The fourth-order valence-corrected chi connectivity index (χ4v) is 5.19. The zero-order valence-corrected chi connectivity index (χ0v) is 12.1. The molecule has 3 atom stereocenters. The van der Waals surface area contributed by atoms with Crippen molar-refractivity contribution in [3.05, 3.63) is 35.9 Å². The Kier molecular flexibility index (Phi) is 2.95. The summed E-state index contributed by atoms with van der Waals surface area (Å²) in [5, 5.41) is 0. The molecule has 0 radical (unpaired) electrons. The molecule has 2 aliphatic carbocycles. The van der Waals surface area contributed by atoms with Gasteiger partial charge in [-0.3, -0.25) is 9.69 Å². The highest BCUT2D eigenvalue weighted by Gasteiger charge is 2.58. The summed E-state index contributed by atoms with van der Waals surface area (Å²) in [6, 6.07) is 11.5. The van der Waals surface area contributed by atoms with E-state index < -0.39 is 0 Å². The zero-order valence-electron chi connectivity index (χ0n) is 12.1. The van der Waals surface area contributed by atoms with E-state index in [4.69, 9.17) is 0 Å². The molecule has 0 bridgehead atoms. The van der Waals surface area contributed by atoms with Gasteiger partial charge in [-0.15, -0.1) is 0 Å². The number of rotatable bonds is 2. The van der Waals surface area contributed by atoms with Gasteiger partial charge in [0.15, 0.2) is 0 Å². The molecule has 1 aromatic carbocycles. The molecule has 1 saturated heterocycles. The van der Waals surface area contributed by atoms with E-state index in [0.29, 0.717) is 23.2 Å². The molecule has 0 unspecified atom stereocenters. The average molecular weight is 269 g/mol. The maximum Gasteiger partial charge on any atom is 0.133 e. The minimum atomic E-state index is 0.351. The summed E-state index contributed by atoms with van der Waals surface area (Å²) in [5.41, 5.74) is 1.77. The Labute approximate surface area is 121 Å². The lowest BCUT2D eigenvalue weighted by atomic mass is 9.67. The van der Waals surface area contributed by atoms with Crippen LogP contribution >= 0.6 is 0 Å². The Balaban J connectivity index is 1.59. The highest BCUT2D eigenvalue weighted by atomic mass is 16.1. The molecule has 1 aliphatic heterocycles. The van der Waals surface area contributed by atoms with E-state index in [0.717, 1.165) is 25.9 Å². The molecular formula is C18H23NO. The van der Waals surface area contributed by atoms with Crippen LogP contribution in [0, 0.1) is 11.3 Å². The van der Waals surface area contributed by atoms with E-state index in [9.17, 15) is 4.79 Å². The Hall–Kier alpha value is -1.15. The summed E-state index contributed by atoms with van der Waals surface area (Å²) in [6.45, 7) is 2.21. The van der Waals surface area contributed by atoms with Crippen molar-refractivity contribution < 1.29 is 4.79 Å². The Morgan fingerprint density at radius 1 is 1.20 bits per heavy atom. The molecule has 0 N–H and O–H groups in total. The van der Waals surface area contributed by atoms with Crippen molar-refractivity contribution in [1.29, 1.82) is 0 Å². The highest BCUT2D eigenvalue weighted by Crippen LogP contribution is 2.57. The first-order valence-corrected chi connectivity index (χ1v) is 8.08. The van der Waals surface area contributed by atoms with Crippen LogP contribution < -0.4 is 0 Å². The molecule has 2 heteroatoms. The normalized spacial score (nSPS) is 36.9. The summed E-state index contributed by atoms with van der Waals surface area (Å²) in [7, 11) is 0. The van der Waals surface area contributed by atoms with Gasteiger partial charge in [0.2, 0.25) is 0 Å². The monoisotopic (exact) mass is 269 g/mol. The van der Waals surface area contributed by atoms with E-state index in [1.54, 1.807) is 0 Å². The maximum atomic E-state index is 12.0. The molecule has 20 heavy (non-hydrogen) atoms. The van der Waals surface area contributed by atoms with Crippen LogP contribution in [0.1, 0.15) is 44.1 Å². The third kappa shape index (κ3) is 1.85. The second-order valence-corrected chi connectivity index (χ2v) is 7.03. The summed E-state index contributed by atoms with van der Waals surface area (Å²) >= 11 is 0. The van der Waals surface area contributed by atoms with Gasteiger partial charge in [0.1, 0.15) is 5.78 Å². The quantitative estimate of drug-likeness (QED) is 0.820. The number of nitrogens with zero attached hydrogens (tertiary/aromatic N) is 1. The summed E-state index contributed by atoms with van der Waals surface area (Å²) in [6.07, 6.45) is 6.99. The first kappa shape index (κ1) is 12.6. The molecule has 3 aliphatic rings. The van der Waals surface area contributed by atoms with Crippen LogP contribution in [0.3, 0.4) is 0 Å². The largest absolute Gasteiger partial charge is 0.300 e. The molecule has 1 spiro atoms.